The summed E-state index contributed by atoms with van der Waals surface area (Å²) in [7, 11) is 0. The van der Waals surface area contributed by atoms with Crippen molar-refractivity contribution in [3.8, 4) is 0 Å². The van der Waals surface area contributed by atoms with Gasteiger partial charge in [-0.3, -0.25) is 4.98 Å². The van der Waals surface area contributed by atoms with E-state index in [-0.39, 0.29) is 12.6 Å². The van der Waals surface area contributed by atoms with Gasteiger partial charge in [0.15, 0.2) is 0 Å². The molecule has 5 heteroatoms. The largest absolute Gasteiger partial charge is 0.387 e. The monoisotopic (exact) mass is 278 g/mol. The van der Waals surface area contributed by atoms with Gasteiger partial charge >= 0.3 is 0 Å². The van der Waals surface area contributed by atoms with Crippen LogP contribution in [0.15, 0.2) is 42.7 Å². The van der Waals surface area contributed by atoms with E-state index in [0.29, 0.717) is 5.56 Å². The minimum Gasteiger partial charge on any atom is -0.387 e. The summed E-state index contributed by atoms with van der Waals surface area (Å²) in [5, 5.41) is 13.0. The Labute approximate surface area is 116 Å². The van der Waals surface area contributed by atoms with Crippen molar-refractivity contribution in [3.05, 3.63) is 65.5 Å². The molecule has 0 aliphatic carbocycles. The molecule has 3 nitrogen and oxygen atoms in total. The van der Waals surface area contributed by atoms with E-state index in [1.807, 2.05) is 0 Å². The first-order valence-corrected chi connectivity index (χ1v) is 6.33. The van der Waals surface area contributed by atoms with Crippen LogP contribution in [0.5, 0.6) is 0 Å². The number of hydrogen-bond donors (Lipinski definition) is 2. The quantitative estimate of drug-likeness (QED) is 0.884. The predicted molar refractivity (Wildman–Crippen MR) is 72.0 cm³/mol. The van der Waals surface area contributed by atoms with Crippen LogP contribution in [0.2, 0.25) is 0 Å². The second-order valence-corrected chi connectivity index (χ2v) is 4.63. The second kappa shape index (κ2) is 6.54. The molecule has 0 bridgehead atoms. The van der Waals surface area contributed by atoms with Crippen molar-refractivity contribution in [3.63, 3.8) is 0 Å². The zero-order chi connectivity index (χ0) is 14.5. The van der Waals surface area contributed by atoms with Crippen molar-refractivity contribution in [2.45, 2.75) is 19.1 Å². The molecule has 2 rings (SSSR count). The third-order valence-electron chi connectivity index (χ3n) is 3.09. The standard InChI is InChI=1S/C15H16F2N2O/c1-10(12-6-13(16)8-14(17)7-12)19-9-15(20)11-2-4-18-5-3-11/h2-8,10,15,19-20H,9H2,1H3/t10-,15-/m0/s1. The molecule has 0 aliphatic heterocycles. The fourth-order valence-electron chi connectivity index (χ4n) is 1.93. The van der Waals surface area contributed by atoms with Crippen LogP contribution in [0.3, 0.4) is 0 Å². The normalized spacial score (nSPS) is 14.0. The lowest BCUT2D eigenvalue weighted by Crippen LogP contribution is -2.24. The smallest absolute Gasteiger partial charge is 0.126 e. The highest BCUT2D eigenvalue weighted by atomic mass is 19.1. The summed E-state index contributed by atoms with van der Waals surface area (Å²) in [6.45, 7) is 2.07. The van der Waals surface area contributed by atoms with Gasteiger partial charge in [0.25, 0.3) is 0 Å². The van der Waals surface area contributed by atoms with Crippen molar-refractivity contribution in [1.82, 2.24) is 10.3 Å². The molecular weight excluding hydrogens is 262 g/mol. The third kappa shape index (κ3) is 3.82. The Morgan fingerprint density at radius 1 is 1.10 bits per heavy atom. The van der Waals surface area contributed by atoms with Crippen LogP contribution < -0.4 is 5.32 Å². The van der Waals surface area contributed by atoms with Crippen molar-refractivity contribution in [2.75, 3.05) is 6.54 Å². The number of aliphatic hydroxyl groups excluding tert-OH is 1. The molecular formula is C15H16F2N2O. The number of pyridine rings is 1. The van der Waals surface area contributed by atoms with Crippen molar-refractivity contribution in [2.24, 2.45) is 0 Å². The van der Waals surface area contributed by atoms with Crippen LogP contribution in [-0.4, -0.2) is 16.6 Å². The molecule has 0 aliphatic rings. The third-order valence-corrected chi connectivity index (χ3v) is 3.09. The van der Waals surface area contributed by atoms with Gasteiger partial charge in [0.2, 0.25) is 0 Å². The molecule has 106 valence electrons. The number of aliphatic hydroxyl groups is 1. The van der Waals surface area contributed by atoms with E-state index in [1.165, 1.54) is 12.1 Å². The van der Waals surface area contributed by atoms with E-state index in [1.54, 1.807) is 31.5 Å². The SMILES string of the molecule is C[C@H](NC[C@H](O)c1ccncc1)c1cc(F)cc(F)c1. The summed E-state index contributed by atoms with van der Waals surface area (Å²) in [5.41, 5.74) is 1.24. The molecule has 20 heavy (non-hydrogen) atoms. The molecule has 0 spiro atoms. The average Bonchev–Trinajstić information content (AvgIpc) is 2.44. The molecule has 2 N–H and O–H groups in total. The van der Waals surface area contributed by atoms with Gasteiger partial charge in [-0.05, 0) is 42.3 Å². The first-order valence-electron chi connectivity index (χ1n) is 6.33. The summed E-state index contributed by atoms with van der Waals surface area (Å²) in [5.74, 6) is -1.22. The number of hydrogen-bond acceptors (Lipinski definition) is 3. The molecule has 0 unspecified atom stereocenters. The first-order chi connectivity index (χ1) is 9.56. The highest BCUT2D eigenvalue weighted by Crippen LogP contribution is 2.17. The van der Waals surface area contributed by atoms with E-state index < -0.39 is 17.7 Å². The molecule has 0 saturated heterocycles. The molecule has 2 aromatic rings. The van der Waals surface area contributed by atoms with Gasteiger partial charge < -0.3 is 10.4 Å². The fraction of sp³-hybridized carbons (Fsp3) is 0.267. The van der Waals surface area contributed by atoms with E-state index in [2.05, 4.69) is 10.3 Å². The highest BCUT2D eigenvalue weighted by molar-refractivity contribution is 5.21. The Morgan fingerprint density at radius 2 is 1.70 bits per heavy atom. The lowest BCUT2D eigenvalue weighted by molar-refractivity contribution is 0.170. The molecule has 1 heterocycles. The minimum absolute atomic E-state index is 0.267. The van der Waals surface area contributed by atoms with Gasteiger partial charge in [0.05, 0.1) is 6.10 Å². The first kappa shape index (κ1) is 14.6. The highest BCUT2D eigenvalue weighted by Gasteiger charge is 2.12. The lowest BCUT2D eigenvalue weighted by Gasteiger charge is -2.18. The van der Waals surface area contributed by atoms with Crippen LogP contribution in [0, 0.1) is 11.6 Å². The van der Waals surface area contributed by atoms with Gasteiger partial charge in [-0.15, -0.1) is 0 Å². The number of nitrogens with zero attached hydrogens (tertiary/aromatic N) is 1. The maximum absolute atomic E-state index is 13.1. The van der Waals surface area contributed by atoms with Crippen LogP contribution in [0.1, 0.15) is 30.2 Å². The molecule has 1 aromatic heterocycles. The Balaban J connectivity index is 1.96. The molecule has 0 amide bonds. The van der Waals surface area contributed by atoms with E-state index in [4.69, 9.17) is 0 Å². The molecule has 0 radical (unpaired) electrons. The number of halogens is 2. The maximum atomic E-state index is 13.1. The molecule has 0 saturated carbocycles. The zero-order valence-corrected chi connectivity index (χ0v) is 11.1. The van der Waals surface area contributed by atoms with E-state index in [9.17, 15) is 13.9 Å². The Kier molecular flexibility index (Phi) is 4.76. The van der Waals surface area contributed by atoms with Gasteiger partial charge in [-0.25, -0.2) is 8.78 Å². The second-order valence-electron chi connectivity index (χ2n) is 4.63. The van der Waals surface area contributed by atoms with E-state index in [0.717, 1.165) is 11.6 Å². The van der Waals surface area contributed by atoms with Gasteiger partial charge in [0, 0.05) is 31.0 Å². The average molecular weight is 278 g/mol. The van der Waals surface area contributed by atoms with Crippen LogP contribution in [0.25, 0.3) is 0 Å². The summed E-state index contributed by atoms with van der Waals surface area (Å²) in [6, 6.07) is 6.57. The summed E-state index contributed by atoms with van der Waals surface area (Å²) in [6.07, 6.45) is 2.51. The number of rotatable bonds is 5. The van der Waals surface area contributed by atoms with Crippen molar-refractivity contribution in [1.29, 1.82) is 0 Å². The van der Waals surface area contributed by atoms with Crippen molar-refractivity contribution >= 4 is 0 Å². The van der Waals surface area contributed by atoms with Crippen LogP contribution >= 0.6 is 0 Å². The molecule has 2 atom stereocenters. The Hall–Kier alpha value is -1.85. The summed E-state index contributed by atoms with van der Waals surface area (Å²) < 4.78 is 26.3. The topological polar surface area (TPSA) is 45.1 Å². The fourth-order valence-corrected chi connectivity index (χ4v) is 1.93. The summed E-state index contributed by atoms with van der Waals surface area (Å²) >= 11 is 0. The van der Waals surface area contributed by atoms with Gasteiger partial charge in [0.1, 0.15) is 11.6 Å². The molecule has 0 fully saturated rings. The van der Waals surface area contributed by atoms with Crippen LogP contribution in [0.4, 0.5) is 8.78 Å². The van der Waals surface area contributed by atoms with Gasteiger partial charge in [-0.1, -0.05) is 0 Å². The minimum atomic E-state index is -0.696. The zero-order valence-electron chi connectivity index (χ0n) is 11.1. The van der Waals surface area contributed by atoms with Crippen LogP contribution in [-0.2, 0) is 0 Å². The lowest BCUT2D eigenvalue weighted by atomic mass is 10.1. The predicted octanol–water partition coefficient (Wildman–Crippen LogP) is 2.74. The van der Waals surface area contributed by atoms with E-state index >= 15 is 0 Å². The number of benzene rings is 1. The number of nitrogens with one attached hydrogen (secondary N) is 1. The Bertz CT molecular complexity index is 543. The summed E-state index contributed by atoms with van der Waals surface area (Å²) in [4.78, 5) is 3.88. The Morgan fingerprint density at radius 3 is 2.30 bits per heavy atom. The number of aromatic nitrogens is 1. The van der Waals surface area contributed by atoms with Crippen molar-refractivity contribution < 1.29 is 13.9 Å². The molecule has 1 aromatic carbocycles. The van der Waals surface area contributed by atoms with Gasteiger partial charge in [-0.2, -0.15) is 0 Å². The maximum Gasteiger partial charge on any atom is 0.126 e.